The molecule has 2 N–H and O–H groups in total. The summed E-state index contributed by atoms with van der Waals surface area (Å²) in [5, 5.41) is 0. The van der Waals surface area contributed by atoms with E-state index in [2.05, 4.69) is 0 Å². The van der Waals surface area contributed by atoms with Gasteiger partial charge in [0.15, 0.2) is 0 Å². The fourth-order valence-electron chi connectivity index (χ4n) is 1.50. The highest BCUT2D eigenvalue weighted by molar-refractivity contribution is 7.80. The highest BCUT2D eigenvalue weighted by Crippen LogP contribution is 2.16. The van der Waals surface area contributed by atoms with Crippen LogP contribution in [-0.4, -0.2) is 28.9 Å². The quantitative estimate of drug-likeness (QED) is 0.608. The molecule has 0 aromatic carbocycles. The molecule has 0 spiro atoms. The van der Waals surface area contributed by atoms with Crippen LogP contribution in [0.2, 0.25) is 0 Å². The maximum absolute atomic E-state index is 11.0. The molecule has 0 aromatic heterocycles. The molecule has 1 rings (SSSR count). The normalized spacial score (nSPS) is 23.8. The van der Waals surface area contributed by atoms with Crippen molar-refractivity contribution in [2.24, 2.45) is 11.7 Å². The lowest BCUT2D eigenvalue weighted by Crippen LogP contribution is -2.42. The van der Waals surface area contributed by atoms with E-state index in [0.717, 1.165) is 19.4 Å². The molecule has 1 aliphatic heterocycles. The molecule has 0 radical (unpaired) electrons. The van der Waals surface area contributed by atoms with E-state index in [1.807, 2.05) is 4.90 Å². The Morgan fingerprint density at radius 2 is 2.33 bits per heavy atom. The van der Waals surface area contributed by atoms with Crippen molar-refractivity contribution in [1.82, 2.24) is 4.90 Å². The monoisotopic (exact) mass is 186 g/mol. The number of carbonyl (C=O) groups excluding carboxylic acids is 1. The first kappa shape index (κ1) is 9.45. The number of likely N-dealkylation sites (tertiary alicyclic amines) is 1. The summed E-state index contributed by atoms with van der Waals surface area (Å²) < 4.78 is 0. The van der Waals surface area contributed by atoms with Gasteiger partial charge in [0.1, 0.15) is 0 Å². The van der Waals surface area contributed by atoms with Crippen LogP contribution < -0.4 is 5.73 Å². The number of thiocarbonyl (C=S) groups is 1. The summed E-state index contributed by atoms with van der Waals surface area (Å²) in [5.41, 5.74) is 5.52. The number of nitrogens with zero attached hydrogens (tertiary/aromatic N) is 1. The van der Waals surface area contributed by atoms with Crippen molar-refractivity contribution >= 4 is 23.1 Å². The van der Waals surface area contributed by atoms with Gasteiger partial charge in [-0.1, -0.05) is 12.2 Å². The molecule has 0 aliphatic carbocycles. The first-order valence-electron chi connectivity index (χ1n) is 4.16. The van der Waals surface area contributed by atoms with Gasteiger partial charge < -0.3 is 10.6 Å². The Balaban J connectivity index is 2.51. The molecule has 1 fully saturated rings. The number of nitrogens with two attached hydrogens (primary N) is 1. The second-order valence-electron chi connectivity index (χ2n) is 3.21. The molecule has 0 aromatic rings. The van der Waals surface area contributed by atoms with Gasteiger partial charge in [0.25, 0.3) is 0 Å². The summed E-state index contributed by atoms with van der Waals surface area (Å²) in [5.74, 6) is 0.355. The average molecular weight is 186 g/mol. The predicted molar refractivity (Wildman–Crippen MR) is 51.8 cm³/mol. The van der Waals surface area contributed by atoms with E-state index < -0.39 is 0 Å². The van der Waals surface area contributed by atoms with Gasteiger partial charge in [0.05, 0.1) is 4.99 Å². The molecule has 0 unspecified atom stereocenters. The summed E-state index contributed by atoms with van der Waals surface area (Å²) in [6.45, 7) is 3.15. The zero-order chi connectivity index (χ0) is 9.14. The number of carbonyl (C=O) groups is 1. The summed E-state index contributed by atoms with van der Waals surface area (Å²) >= 11 is 4.89. The second kappa shape index (κ2) is 3.85. The maximum atomic E-state index is 11.0. The minimum Gasteiger partial charge on any atom is -0.393 e. The predicted octanol–water partition coefficient (Wildman–Crippen LogP) is 0.531. The third kappa shape index (κ3) is 2.17. The van der Waals surface area contributed by atoms with Crippen molar-refractivity contribution in [2.45, 2.75) is 19.8 Å². The Morgan fingerprint density at radius 3 is 2.83 bits per heavy atom. The van der Waals surface area contributed by atoms with Crippen molar-refractivity contribution in [1.29, 1.82) is 0 Å². The molecule has 68 valence electrons. The zero-order valence-electron chi connectivity index (χ0n) is 7.25. The van der Waals surface area contributed by atoms with E-state index in [0.29, 0.717) is 11.5 Å². The van der Waals surface area contributed by atoms with Crippen LogP contribution in [-0.2, 0) is 4.79 Å². The molecular weight excluding hydrogens is 172 g/mol. The van der Waals surface area contributed by atoms with Crippen LogP contribution >= 0.6 is 12.2 Å². The van der Waals surface area contributed by atoms with E-state index in [-0.39, 0.29) is 11.8 Å². The van der Waals surface area contributed by atoms with E-state index in [1.54, 1.807) is 6.92 Å². The lowest BCUT2D eigenvalue weighted by atomic mass is 9.98. The zero-order valence-corrected chi connectivity index (χ0v) is 8.06. The molecule has 12 heavy (non-hydrogen) atoms. The lowest BCUT2D eigenvalue weighted by molar-refractivity contribution is -0.130. The van der Waals surface area contributed by atoms with Crippen LogP contribution in [0.1, 0.15) is 19.8 Å². The first-order valence-corrected chi connectivity index (χ1v) is 4.57. The van der Waals surface area contributed by atoms with Crippen LogP contribution in [0.15, 0.2) is 0 Å². The van der Waals surface area contributed by atoms with Crippen molar-refractivity contribution in [3.63, 3.8) is 0 Å². The maximum Gasteiger partial charge on any atom is 0.219 e. The van der Waals surface area contributed by atoms with E-state index in [9.17, 15) is 4.79 Å². The third-order valence-electron chi connectivity index (χ3n) is 2.27. The summed E-state index contributed by atoms with van der Waals surface area (Å²) in [7, 11) is 0. The molecular formula is C8H14N2OS. The fourth-order valence-corrected chi connectivity index (χ4v) is 1.69. The summed E-state index contributed by atoms with van der Waals surface area (Å²) in [4.78, 5) is 13.4. The van der Waals surface area contributed by atoms with Crippen LogP contribution in [0.3, 0.4) is 0 Å². The van der Waals surface area contributed by atoms with Crippen LogP contribution in [0, 0.1) is 5.92 Å². The van der Waals surface area contributed by atoms with Gasteiger partial charge in [-0.25, -0.2) is 0 Å². The molecule has 3 nitrogen and oxygen atoms in total. The van der Waals surface area contributed by atoms with Crippen molar-refractivity contribution in [2.75, 3.05) is 13.1 Å². The van der Waals surface area contributed by atoms with Crippen molar-refractivity contribution in [3.05, 3.63) is 0 Å². The molecule has 0 saturated carbocycles. The van der Waals surface area contributed by atoms with Gasteiger partial charge in [0.2, 0.25) is 5.91 Å². The Kier molecular flexibility index (Phi) is 3.03. The van der Waals surface area contributed by atoms with Gasteiger partial charge in [-0.3, -0.25) is 4.79 Å². The Labute approximate surface area is 77.9 Å². The number of hydrogen-bond acceptors (Lipinski definition) is 2. The first-order chi connectivity index (χ1) is 5.61. The number of piperidine rings is 1. The molecule has 0 bridgehead atoms. The van der Waals surface area contributed by atoms with Crippen LogP contribution in [0.25, 0.3) is 0 Å². The van der Waals surface area contributed by atoms with Crippen molar-refractivity contribution in [3.8, 4) is 0 Å². The van der Waals surface area contributed by atoms with Crippen molar-refractivity contribution < 1.29 is 4.79 Å². The SMILES string of the molecule is CC(=O)N1CCC[C@@H](C(N)=S)C1. The molecule has 1 aliphatic rings. The molecule has 4 heteroatoms. The average Bonchev–Trinajstić information content (AvgIpc) is 2.04. The standard InChI is InChI=1S/C8H14N2OS/c1-6(11)10-4-2-3-7(5-10)8(9)12/h7H,2-5H2,1H3,(H2,9,12)/t7-/m1/s1. The lowest BCUT2D eigenvalue weighted by Gasteiger charge is -2.31. The van der Waals surface area contributed by atoms with E-state index >= 15 is 0 Å². The smallest absolute Gasteiger partial charge is 0.219 e. The summed E-state index contributed by atoms with van der Waals surface area (Å²) in [6, 6.07) is 0. The number of amides is 1. The highest BCUT2D eigenvalue weighted by Gasteiger charge is 2.22. The molecule has 1 heterocycles. The van der Waals surface area contributed by atoms with Gasteiger partial charge in [-0.15, -0.1) is 0 Å². The van der Waals surface area contributed by atoms with E-state index in [1.165, 1.54) is 0 Å². The minimum absolute atomic E-state index is 0.121. The Hall–Kier alpha value is -0.640. The van der Waals surface area contributed by atoms with Gasteiger partial charge >= 0.3 is 0 Å². The van der Waals surface area contributed by atoms with Gasteiger partial charge in [-0.05, 0) is 12.8 Å². The Bertz CT molecular complexity index is 185. The van der Waals surface area contributed by atoms with Gasteiger partial charge in [-0.2, -0.15) is 0 Å². The summed E-state index contributed by atoms with van der Waals surface area (Å²) in [6.07, 6.45) is 2.04. The minimum atomic E-state index is 0.121. The number of hydrogen-bond donors (Lipinski definition) is 1. The fraction of sp³-hybridized carbons (Fsp3) is 0.750. The number of rotatable bonds is 1. The topological polar surface area (TPSA) is 46.3 Å². The third-order valence-corrected chi connectivity index (χ3v) is 2.60. The van der Waals surface area contributed by atoms with E-state index in [4.69, 9.17) is 18.0 Å². The Morgan fingerprint density at radius 1 is 1.67 bits per heavy atom. The molecule has 1 atom stereocenters. The second-order valence-corrected chi connectivity index (χ2v) is 3.68. The largest absolute Gasteiger partial charge is 0.393 e. The molecule has 1 saturated heterocycles. The molecule has 1 amide bonds. The van der Waals surface area contributed by atoms with Crippen LogP contribution in [0.5, 0.6) is 0 Å². The van der Waals surface area contributed by atoms with Gasteiger partial charge in [0, 0.05) is 25.9 Å². The highest BCUT2D eigenvalue weighted by atomic mass is 32.1. The van der Waals surface area contributed by atoms with Crippen LogP contribution in [0.4, 0.5) is 0 Å².